The number of primary amides is 1. The predicted molar refractivity (Wildman–Crippen MR) is 142 cm³/mol. The van der Waals surface area contributed by atoms with Crippen molar-refractivity contribution in [2.24, 2.45) is 11.7 Å². The number of nitrogens with two attached hydrogens (primary N) is 1. The summed E-state index contributed by atoms with van der Waals surface area (Å²) in [5, 5.41) is 17.2. The minimum Gasteiger partial charge on any atom is -0.390 e. The van der Waals surface area contributed by atoms with Crippen molar-refractivity contribution in [2.45, 2.75) is 76.0 Å². The van der Waals surface area contributed by atoms with E-state index in [0.29, 0.717) is 55.2 Å². The van der Waals surface area contributed by atoms with Crippen molar-refractivity contribution in [3.8, 4) is 0 Å². The zero-order valence-electron chi connectivity index (χ0n) is 20.5. The molecule has 198 valence electrons. The Kier molecular flexibility index (Phi) is 7.17. The van der Waals surface area contributed by atoms with Crippen LogP contribution in [-0.2, 0) is 4.79 Å². The van der Waals surface area contributed by atoms with Crippen LogP contribution < -0.4 is 16.4 Å². The Morgan fingerprint density at radius 2 is 1.97 bits per heavy atom. The van der Waals surface area contributed by atoms with Gasteiger partial charge in [-0.15, -0.1) is 0 Å². The highest BCUT2D eigenvalue weighted by Gasteiger charge is 2.32. The summed E-state index contributed by atoms with van der Waals surface area (Å²) >= 11 is 12.2. The number of aromatic nitrogens is 4. The standard InChI is InChI=1S/C25H30Cl2FN7O2/c1-25(37)8-2-3-15(11-25)31-23-30-12-19-22(34-23)35(16-6-4-13(5-7-16)21(29)36)24(32-19)33-20-17(27)9-14(26)10-18(20)28/h9-10,12-13,15-16,37H,2-8,11H2,1H3,(H2,29,36)(H,32,33)(H,30,31,34)/t13?,15-,16?,25+/m1/s1. The number of benzene rings is 1. The Labute approximate surface area is 224 Å². The summed E-state index contributed by atoms with van der Waals surface area (Å²) in [6.07, 6.45) is 7.47. The first-order valence-corrected chi connectivity index (χ1v) is 13.3. The molecule has 5 rings (SSSR count). The van der Waals surface area contributed by atoms with Crippen LogP contribution in [0.5, 0.6) is 0 Å². The summed E-state index contributed by atoms with van der Waals surface area (Å²) in [4.78, 5) is 25.6. The number of amides is 1. The molecule has 12 heteroatoms. The molecule has 0 spiro atoms. The SMILES string of the molecule is C[C@]1(O)CCC[C@@H](Nc2ncc3nc(Nc4c(F)cc(Cl)cc4Cl)n(C4CCC(C(N)=O)CC4)c3n2)C1. The number of nitrogens with one attached hydrogen (secondary N) is 2. The van der Waals surface area contributed by atoms with Crippen molar-refractivity contribution in [3.05, 3.63) is 34.2 Å². The Balaban J connectivity index is 1.51. The average Bonchev–Trinajstić information content (AvgIpc) is 3.18. The molecule has 0 radical (unpaired) electrons. The number of hydrogen-bond acceptors (Lipinski definition) is 7. The second-order valence-electron chi connectivity index (χ2n) is 10.4. The Morgan fingerprint density at radius 3 is 2.65 bits per heavy atom. The summed E-state index contributed by atoms with van der Waals surface area (Å²) in [6, 6.07) is 2.64. The molecule has 0 aliphatic heterocycles. The Bertz CT molecular complexity index is 1300. The molecule has 1 amide bonds. The third-order valence-corrected chi connectivity index (χ3v) is 7.94. The number of carbonyl (C=O) groups is 1. The molecular formula is C25H30Cl2FN7O2. The van der Waals surface area contributed by atoms with E-state index >= 15 is 0 Å². The van der Waals surface area contributed by atoms with E-state index < -0.39 is 11.4 Å². The number of anilines is 3. The lowest BCUT2D eigenvalue weighted by atomic mass is 9.83. The van der Waals surface area contributed by atoms with Crippen LogP contribution in [0.4, 0.5) is 22.0 Å². The van der Waals surface area contributed by atoms with Gasteiger partial charge in [-0.1, -0.05) is 23.2 Å². The van der Waals surface area contributed by atoms with E-state index in [9.17, 15) is 14.3 Å². The molecule has 37 heavy (non-hydrogen) atoms. The van der Waals surface area contributed by atoms with Gasteiger partial charge in [-0.05, 0) is 70.4 Å². The van der Waals surface area contributed by atoms with Gasteiger partial charge in [0.2, 0.25) is 17.8 Å². The van der Waals surface area contributed by atoms with Gasteiger partial charge in [0.05, 0.1) is 22.5 Å². The van der Waals surface area contributed by atoms with E-state index in [4.69, 9.17) is 33.9 Å². The van der Waals surface area contributed by atoms with Crippen LogP contribution in [0, 0.1) is 11.7 Å². The molecule has 5 N–H and O–H groups in total. The van der Waals surface area contributed by atoms with Gasteiger partial charge in [-0.3, -0.25) is 9.36 Å². The van der Waals surface area contributed by atoms with Crippen LogP contribution >= 0.6 is 23.2 Å². The zero-order valence-corrected chi connectivity index (χ0v) is 22.0. The minimum atomic E-state index is -0.722. The number of hydrogen-bond donors (Lipinski definition) is 4. The number of rotatable bonds is 6. The van der Waals surface area contributed by atoms with E-state index in [1.165, 1.54) is 12.1 Å². The molecule has 2 aromatic heterocycles. The van der Waals surface area contributed by atoms with Gasteiger partial charge in [0.25, 0.3) is 0 Å². The fraction of sp³-hybridized carbons (Fsp3) is 0.520. The molecule has 0 saturated heterocycles. The molecule has 2 heterocycles. The number of imidazole rings is 1. The second-order valence-corrected chi connectivity index (χ2v) is 11.3. The quantitative estimate of drug-likeness (QED) is 0.326. The number of halogens is 3. The molecule has 0 unspecified atom stereocenters. The number of fused-ring (bicyclic) bond motifs is 1. The van der Waals surface area contributed by atoms with Crippen LogP contribution in [0.1, 0.15) is 64.3 Å². The average molecular weight is 550 g/mol. The summed E-state index contributed by atoms with van der Waals surface area (Å²) in [6.45, 7) is 1.85. The first-order valence-electron chi connectivity index (χ1n) is 12.5. The Hall–Kier alpha value is -2.69. The van der Waals surface area contributed by atoms with Crippen molar-refractivity contribution in [3.63, 3.8) is 0 Å². The van der Waals surface area contributed by atoms with Crippen LogP contribution in [0.2, 0.25) is 10.0 Å². The van der Waals surface area contributed by atoms with Crippen molar-refractivity contribution < 1.29 is 14.3 Å². The molecule has 2 atom stereocenters. The lowest BCUT2D eigenvalue weighted by molar-refractivity contribution is -0.122. The summed E-state index contributed by atoms with van der Waals surface area (Å²) < 4.78 is 16.7. The van der Waals surface area contributed by atoms with Crippen molar-refractivity contribution in [2.75, 3.05) is 10.6 Å². The largest absolute Gasteiger partial charge is 0.390 e. The third-order valence-electron chi connectivity index (χ3n) is 7.43. The minimum absolute atomic E-state index is 0.0446. The monoisotopic (exact) mass is 549 g/mol. The molecule has 2 aliphatic rings. The molecular weight excluding hydrogens is 520 g/mol. The maximum Gasteiger partial charge on any atom is 0.224 e. The number of nitrogens with zero attached hydrogens (tertiary/aromatic N) is 4. The third kappa shape index (κ3) is 5.61. The van der Waals surface area contributed by atoms with Crippen LogP contribution in [0.15, 0.2) is 18.3 Å². The van der Waals surface area contributed by atoms with Gasteiger partial charge in [0.1, 0.15) is 11.3 Å². The van der Waals surface area contributed by atoms with E-state index in [2.05, 4.69) is 20.6 Å². The summed E-state index contributed by atoms with van der Waals surface area (Å²) in [7, 11) is 0. The highest BCUT2D eigenvalue weighted by atomic mass is 35.5. The van der Waals surface area contributed by atoms with E-state index in [1.54, 1.807) is 6.20 Å². The lowest BCUT2D eigenvalue weighted by Gasteiger charge is -2.34. The van der Waals surface area contributed by atoms with Crippen LogP contribution in [0.25, 0.3) is 11.2 Å². The molecule has 3 aromatic rings. The highest BCUT2D eigenvalue weighted by Crippen LogP contribution is 2.39. The summed E-state index contributed by atoms with van der Waals surface area (Å²) in [5.41, 5.74) is 5.99. The normalized spacial score (nSPS) is 26.2. The maximum atomic E-state index is 14.8. The summed E-state index contributed by atoms with van der Waals surface area (Å²) in [5.74, 6) is -0.264. The molecule has 9 nitrogen and oxygen atoms in total. The number of carbonyl (C=O) groups excluding carboxylic acids is 1. The van der Waals surface area contributed by atoms with Crippen molar-refractivity contribution >= 4 is 57.9 Å². The second kappa shape index (κ2) is 10.2. The van der Waals surface area contributed by atoms with Crippen molar-refractivity contribution in [1.82, 2.24) is 19.5 Å². The van der Waals surface area contributed by atoms with E-state index in [-0.39, 0.29) is 39.6 Å². The molecule has 0 bridgehead atoms. The van der Waals surface area contributed by atoms with Gasteiger partial charge < -0.3 is 21.5 Å². The molecule has 2 aliphatic carbocycles. The maximum absolute atomic E-state index is 14.8. The zero-order chi connectivity index (χ0) is 26.3. The fourth-order valence-corrected chi connectivity index (χ4v) is 6.07. The number of aliphatic hydroxyl groups is 1. The van der Waals surface area contributed by atoms with Crippen LogP contribution in [-0.4, -0.2) is 42.2 Å². The molecule has 1 aromatic carbocycles. The smallest absolute Gasteiger partial charge is 0.224 e. The predicted octanol–water partition coefficient (Wildman–Crippen LogP) is 5.34. The molecule has 2 fully saturated rings. The molecule has 2 saturated carbocycles. The lowest BCUT2D eigenvalue weighted by Crippen LogP contribution is -2.38. The van der Waals surface area contributed by atoms with Gasteiger partial charge in [-0.25, -0.2) is 14.4 Å². The van der Waals surface area contributed by atoms with Crippen LogP contribution in [0.3, 0.4) is 0 Å². The van der Waals surface area contributed by atoms with Gasteiger partial charge >= 0.3 is 0 Å². The van der Waals surface area contributed by atoms with Gasteiger partial charge in [0, 0.05) is 23.0 Å². The highest BCUT2D eigenvalue weighted by molar-refractivity contribution is 6.36. The first kappa shape index (κ1) is 25.9. The van der Waals surface area contributed by atoms with E-state index in [0.717, 1.165) is 19.3 Å². The topological polar surface area (TPSA) is 131 Å². The van der Waals surface area contributed by atoms with Crippen molar-refractivity contribution in [1.29, 1.82) is 0 Å². The van der Waals surface area contributed by atoms with Gasteiger partial charge in [-0.2, -0.15) is 4.98 Å². The fourth-order valence-electron chi connectivity index (χ4n) is 5.56. The van der Waals surface area contributed by atoms with E-state index in [1.807, 2.05) is 11.5 Å². The van der Waals surface area contributed by atoms with Gasteiger partial charge in [0.15, 0.2) is 5.65 Å². The Morgan fingerprint density at radius 1 is 1.22 bits per heavy atom. The first-order chi connectivity index (χ1) is 17.6.